The Morgan fingerprint density at radius 3 is 2.33 bits per heavy atom. The van der Waals surface area contributed by atoms with Crippen LogP contribution in [0.2, 0.25) is 11.6 Å². The van der Waals surface area contributed by atoms with Crippen LogP contribution in [0.15, 0.2) is 0 Å². The van der Waals surface area contributed by atoms with Gasteiger partial charge in [0, 0.05) is 9.52 Å². The molecule has 0 aromatic heterocycles. The molecule has 0 aromatic carbocycles. The topological polar surface area (TPSA) is 24.1 Å². The zero-order chi connectivity index (χ0) is 8.81. The van der Waals surface area contributed by atoms with Gasteiger partial charge >= 0.3 is 0 Å². The van der Waals surface area contributed by atoms with E-state index in [-0.39, 0.29) is 9.52 Å². The maximum Gasteiger partial charge on any atom is 0.0537 e. The second kappa shape index (κ2) is 5.73. The molecule has 1 rings (SSSR count). The van der Waals surface area contributed by atoms with Crippen LogP contribution in [-0.2, 0) is 0 Å². The Hall–Kier alpha value is 0.137. The molecule has 0 aliphatic heterocycles. The molecular formula is C9H22N2Si. The minimum Gasteiger partial charge on any atom is -0.305 e. The molecule has 12 heavy (non-hydrogen) atoms. The SMILES string of the molecule is CNC(C[SiH2]C1CCCC1)NC. The van der Waals surface area contributed by atoms with Gasteiger partial charge in [-0.05, 0) is 20.1 Å². The lowest BCUT2D eigenvalue weighted by molar-refractivity contribution is 0.533. The van der Waals surface area contributed by atoms with Crippen LogP contribution in [0.25, 0.3) is 0 Å². The molecule has 1 aliphatic carbocycles. The summed E-state index contributed by atoms with van der Waals surface area (Å²) in [4.78, 5) is 0. The van der Waals surface area contributed by atoms with E-state index >= 15 is 0 Å². The summed E-state index contributed by atoms with van der Waals surface area (Å²) in [6, 6.07) is 1.41. The first kappa shape index (κ1) is 10.2. The predicted octanol–water partition coefficient (Wildman–Crippen LogP) is 0.701. The highest BCUT2D eigenvalue weighted by atomic mass is 28.2. The molecule has 0 atom stereocenters. The lowest BCUT2D eigenvalue weighted by Crippen LogP contribution is -2.38. The molecule has 72 valence electrons. The molecule has 1 saturated carbocycles. The molecule has 1 aliphatic rings. The molecule has 1 fully saturated rings. The summed E-state index contributed by atoms with van der Waals surface area (Å²) in [5, 5.41) is 6.60. The average molecular weight is 186 g/mol. The van der Waals surface area contributed by atoms with Crippen molar-refractivity contribution < 1.29 is 0 Å². The number of hydrogen-bond acceptors (Lipinski definition) is 2. The van der Waals surface area contributed by atoms with Crippen LogP contribution in [0.3, 0.4) is 0 Å². The number of hydrogen-bond donors (Lipinski definition) is 2. The number of nitrogens with one attached hydrogen (secondary N) is 2. The predicted molar refractivity (Wildman–Crippen MR) is 57.5 cm³/mol. The standard InChI is InChI=1S/C9H22N2Si/c1-10-9(11-2)7-12-8-5-3-4-6-8/h8-11H,3-7,12H2,1-2H3. The van der Waals surface area contributed by atoms with Crippen molar-refractivity contribution in [3.05, 3.63) is 0 Å². The van der Waals surface area contributed by atoms with Gasteiger partial charge in [-0.2, -0.15) is 0 Å². The molecule has 0 unspecified atom stereocenters. The van der Waals surface area contributed by atoms with E-state index in [0.717, 1.165) is 5.54 Å². The minimum atomic E-state index is 0.193. The van der Waals surface area contributed by atoms with E-state index in [1.807, 2.05) is 14.1 Å². The normalized spacial score (nSPS) is 20.2. The molecule has 3 heteroatoms. The second-order valence-corrected chi connectivity index (χ2v) is 6.17. The van der Waals surface area contributed by atoms with Crippen LogP contribution in [0.5, 0.6) is 0 Å². The number of rotatable bonds is 5. The Kier molecular flexibility index (Phi) is 4.88. The van der Waals surface area contributed by atoms with Gasteiger partial charge < -0.3 is 10.6 Å². The van der Waals surface area contributed by atoms with Crippen molar-refractivity contribution in [3.63, 3.8) is 0 Å². The van der Waals surface area contributed by atoms with Crippen molar-refractivity contribution in [2.45, 2.75) is 43.4 Å². The first-order valence-corrected chi connectivity index (χ1v) is 7.03. The molecule has 2 N–H and O–H groups in total. The highest BCUT2D eigenvalue weighted by Gasteiger charge is 2.16. The summed E-state index contributed by atoms with van der Waals surface area (Å²) in [7, 11) is 4.29. The van der Waals surface area contributed by atoms with Gasteiger partial charge in [0.2, 0.25) is 0 Å². The second-order valence-electron chi connectivity index (χ2n) is 3.86. The monoisotopic (exact) mass is 186 g/mol. The van der Waals surface area contributed by atoms with Gasteiger partial charge in [0.1, 0.15) is 0 Å². The zero-order valence-electron chi connectivity index (χ0n) is 8.40. The van der Waals surface area contributed by atoms with E-state index in [4.69, 9.17) is 0 Å². The summed E-state index contributed by atoms with van der Waals surface area (Å²) < 4.78 is 0. The maximum atomic E-state index is 3.30. The van der Waals surface area contributed by atoms with Crippen molar-refractivity contribution >= 4 is 9.52 Å². The van der Waals surface area contributed by atoms with Crippen LogP contribution >= 0.6 is 0 Å². The Labute approximate surface area is 78.3 Å². The third-order valence-electron chi connectivity index (χ3n) is 3.04. The third-order valence-corrected chi connectivity index (χ3v) is 5.58. The van der Waals surface area contributed by atoms with Crippen LogP contribution in [0, 0.1) is 0 Å². The van der Waals surface area contributed by atoms with Gasteiger partial charge in [0.15, 0.2) is 0 Å². The fraction of sp³-hybridized carbons (Fsp3) is 1.00. The van der Waals surface area contributed by atoms with E-state index in [9.17, 15) is 0 Å². The molecule has 0 radical (unpaired) electrons. The fourth-order valence-electron chi connectivity index (χ4n) is 2.13. The Morgan fingerprint density at radius 2 is 1.83 bits per heavy atom. The highest BCUT2D eigenvalue weighted by molar-refractivity contribution is 6.37. The van der Waals surface area contributed by atoms with Crippen molar-refractivity contribution in [2.24, 2.45) is 0 Å². The quantitative estimate of drug-likeness (QED) is 0.488. The van der Waals surface area contributed by atoms with E-state index in [2.05, 4.69) is 10.6 Å². The largest absolute Gasteiger partial charge is 0.305 e. The maximum absolute atomic E-state index is 3.30. The summed E-state index contributed by atoms with van der Waals surface area (Å²) >= 11 is 0. The van der Waals surface area contributed by atoms with Crippen LogP contribution in [0.1, 0.15) is 25.7 Å². The minimum absolute atomic E-state index is 0.193. The molecule has 0 amide bonds. The lowest BCUT2D eigenvalue weighted by atomic mass is 10.4. The first-order valence-electron chi connectivity index (χ1n) is 5.21. The lowest BCUT2D eigenvalue weighted by Gasteiger charge is -2.16. The van der Waals surface area contributed by atoms with E-state index < -0.39 is 0 Å². The third kappa shape index (κ3) is 3.25. The van der Waals surface area contributed by atoms with Crippen molar-refractivity contribution in [3.8, 4) is 0 Å². The smallest absolute Gasteiger partial charge is 0.0537 e. The van der Waals surface area contributed by atoms with Crippen LogP contribution in [0.4, 0.5) is 0 Å². The molecule has 0 bridgehead atoms. The van der Waals surface area contributed by atoms with Gasteiger partial charge in [0.25, 0.3) is 0 Å². The van der Waals surface area contributed by atoms with Crippen LogP contribution < -0.4 is 10.6 Å². The molecular weight excluding hydrogens is 164 g/mol. The fourth-order valence-corrected chi connectivity index (χ4v) is 4.67. The zero-order valence-corrected chi connectivity index (χ0v) is 9.81. The molecule has 0 spiro atoms. The molecule has 0 heterocycles. The van der Waals surface area contributed by atoms with Crippen LogP contribution in [-0.4, -0.2) is 29.8 Å². The Bertz CT molecular complexity index is 107. The first-order chi connectivity index (χ1) is 5.86. The summed E-state index contributed by atoms with van der Waals surface area (Å²) in [5.41, 5.74) is 1.16. The van der Waals surface area contributed by atoms with Gasteiger partial charge in [-0.3, -0.25) is 0 Å². The van der Waals surface area contributed by atoms with E-state index in [1.165, 1.54) is 31.7 Å². The van der Waals surface area contributed by atoms with Gasteiger partial charge in [-0.15, -0.1) is 0 Å². The van der Waals surface area contributed by atoms with E-state index in [1.54, 1.807) is 0 Å². The summed E-state index contributed by atoms with van der Waals surface area (Å²) in [6.07, 6.45) is 6.65. The highest BCUT2D eigenvalue weighted by Crippen LogP contribution is 2.29. The Morgan fingerprint density at radius 1 is 1.25 bits per heavy atom. The van der Waals surface area contributed by atoms with Crippen molar-refractivity contribution in [2.75, 3.05) is 14.1 Å². The van der Waals surface area contributed by atoms with Crippen molar-refractivity contribution in [1.82, 2.24) is 10.6 Å². The van der Waals surface area contributed by atoms with E-state index in [0.29, 0.717) is 6.17 Å². The molecule has 2 nitrogen and oxygen atoms in total. The van der Waals surface area contributed by atoms with Gasteiger partial charge in [0.05, 0.1) is 6.17 Å². The van der Waals surface area contributed by atoms with Gasteiger partial charge in [-0.1, -0.05) is 31.2 Å². The molecule has 0 saturated heterocycles. The summed E-state index contributed by atoms with van der Waals surface area (Å²) in [6.45, 7) is 0. The average Bonchev–Trinajstić information content (AvgIpc) is 2.59. The Balaban J connectivity index is 2.06. The summed E-state index contributed by atoms with van der Waals surface area (Å²) in [5.74, 6) is 0. The van der Waals surface area contributed by atoms with Crippen molar-refractivity contribution in [1.29, 1.82) is 0 Å². The van der Waals surface area contributed by atoms with Gasteiger partial charge in [-0.25, -0.2) is 0 Å². The molecule has 0 aromatic rings.